The number of hydrogen-bond acceptors (Lipinski definition) is 3. The van der Waals surface area contributed by atoms with E-state index in [0.29, 0.717) is 6.07 Å². The van der Waals surface area contributed by atoms with Gasteiger partial charge in [-0.3, -0.25) is 4.98 Å². The normalized spacial score (nSPS) is 14.3. The molecule has 114 valence electrons. The fraction of sp³-hybridized carbons (Fsp3) is 0.545. The second kappa shape index (κ2) is 6.40. The molecule has 1 aromatic rings. The fourth-order valence-corrected chi connectivity index (χ4v) is 1.47. The van der Waals surface area contributed by atoms with E-state index in [2.05, 4.69) is 9.72 Å². The van der Waals surface area contributed by atoms with Crippen LogP contribution in [0.5, 0.6) is 0 Å². The average Bonchev–Trinajstić information content (AvgIpc) is 2.32. The van der Waals surface area contributed by atoms with Gasteiger partial charge in [-0.2, -0.15) is 26.3 Å². The predicted molar refractivity (Wildman–Crippen MR) is 55.7 cm³/mol. The third-order valence-electron chi connectivity index (χ3n) is 2.32. The summed E-state index contributed by atoms with van der Waals surface area (Å²) in [7, 11) is 0. The molecule has 0 aliphatic carbocycles. The largest absolute Gasteiger partial charge is 0.416 e. The maximum absolute atomic E-state index is 12.6. The van der Waals surface area contributed by atoms with Crippen LogP contribution in [-0.4, -0.2) is 29.5 Å². The monoisotopic (exact) mass is 303 g/mol. The van der Waals surface area contributed by atoms with Gasteiger partial charge in [0.1, 0.15) is 6.61 Å². The van der Waals surface area contributed by atoms with Crippen molar-refractivity contribution in [2.75, 3.05) is 13.2 Å². The Morgan fingerprint density at radius 1 is 1.20 bits per heavy atom. The molecule has 0 amide bonds. The number of hydrogen-bond donors (Lipinski definition) is 1. The van der Waals surface area contributed by atoms with Gasteiger partial charge in [0, 0.05) is 31.0 Å². The zero-order valence-corrected chi connectivity index (χ0v) is 10.0. The Kier molecular flexibility index (Phi) is 5.35. The van der Waals surface area contributed by atoms with Gasteiger partial charge < -0.3 is 9.84 Å². The van der Waals surface area contributed by atoms with Gasteiger partial charge in [0.05, 0.1) is 11.7 Å². The van der Waals surface area contributed by atoms with E-state index in [1.54, 1.807) is 0 Å². The molecule has 1 aromatic heterocycles. The molecule has 9 heteroatoms. The summed E-state index contributed by atoms with van der Waals surface area (Å²) < 4.78 is 77.5. The molecule has 20 heavy (non-hydrogen) atoms. The Balaban J connectivity index is 2.62. The van der Waals surface area contributed by atoms with Crippen LogP contribution >= 0.6 is 0 Å². The molecule has 1 atom stereocenters. The number of aliphatic hydroxyl groups is 1. The fourth-order valence-electron chi connectivity index (χ4n) is 1.47. The summed E-state index contributed by atoms with van der Waals surface area (Å²) in [5.41, 5.74) is -1.56. The van der Waals surface area contributed by atoms with E-state index in [1.807, 2.05) is 0 Å². The van der Waals surface area contributed by atoms with Gasteiger partial charge in [-0.1, -0.05) is 0 Å². The van der Waals surface area contributed by atoms with Crippen LogP contribution in [0.3, 0.4) is 0 Å². The molecular formula is C11H11F6NO2. The SMILES string of the molecule is OC(CCOCC(F)(F)F)c1cnccc1C(F)(F)F. The van der Waals surface area contributed by atoms with E-state index >= 15 is 0 Å². The minimum Gasteiger partial charge on any atom is -0.388 e. The molecule has 0 saturated carbocycles. The first kappa shape index (κ1) is 16.7. The van der Waals surface area contributed by atoms with Gasteiger partial charge in [-0.15, -0.1) is 0 Å². The molecule has 1 heterocycles. The lowest BCUT2D eigenvalue weighted by Gasteiger charge is -2.17. The number of nitrogens with zero attached hydrogens (tertiary/aromatic N) is 1. The molecule has 0 aromatic carbocycles. The lowest BCUT2D eigenvalue weighted by Crippen LogP contribution is -2.19. The van der Waals surface area contributed by atoms with Crippen molar-refractivity contribution in [2.45, 2.75) is 24.9 Å². The molecule has 3 nitrogen and oxygen atoms in total. The van der Waals surface area contributed by atoms with Crippen molar-refractivity contribution in [3.05, 3.63) is 29.6 Å². The predicted octanol–water partition coefficient (Wildman–Crippen LogP) is 3.10. The van der Waals surface area contributed by atoms with Gasteiger partial charge in [0.25, 0.3) is 0 Å². The first-order valence-corrected chi connectivity index (χ1v) is 5.45. The van der Waals surface area contributed by atoms with Crippen LogP contribution in [-0.2, 0) is 10.9 Å². The summed E-state index contributed by atoms with van der Waals surface area (Å²) in [6.45, 7) is -2.04. The molecule has 0 aliphatic heterocycles. The van der Waals surface area contributed by atoms with Gasteiger partial charge in [-0.25, -0.2) is 0 Å². The van der Waals surface area contributed by atoms with E-state index in [9.17, 15) is 31.4 Å². The van der Waals surface area contributed by atoms with Crippen molar-refractivity contribution >= 4 is 0 Å². The molecule has 0 radical (unpaired) electrons. The second-order valence-electron chi connectivity index (χ2n) is 3.93. The van der Waals surface area contributed by atoms with Crippen molar-refractivity contribution in [3.8, 4) is 0 Å². The van der Waals surface area contributed by atoms with Crippen LogP contribution in [0.1, 0.15) is 23.7 Å². The Labute approximate surface area is 110 Å². The van der Waals surface area contributed by atoms with E-state index < -0.39 is 49.2 Å². The van der Waals surface area contributed by atoms with Crippen molar-refractivity contribution in [1.82, 2.24) is 4.98 Å². The molecule has 1 unspecified atom stereocenters. The summed E-state index contributed by atoms with van der Waals surface area (Å²) in [5, 5.41) is 9.59. The minimum atomic E-state index is -4.67. The van der Waals surface area contributed by atoms with Crippen LogP contribution in [0.2, 0.25) is 0 Å². The van der Waals surface area contributed by atoms with Crippen molar-refractivity contribution in [3.63, 3.8) is 0 Å². The highest BCUT2D eigenvalue weighted by atomic mass is 19.4. The summed E-state index contributed by atoms with van der Waals surface area (Å²) in [6.07, 6.45) is -9.45. The first-order valence-electron chi connectivity index (χ1n) is 5.45. The molecule has 0 saturated heterocycles. The van der Waals surface area contributed by atoms with Gasteiger partial charge in [0.15, 0.2) is 0 Å². The zero-order valence-electron chi connectivity index (χ0n) is 10.0. The highest BCUT2D eigenvalue weighted by Crippen LogP contribution is 2.34. The first-order chi connectivity index (χ1) is 9.11. The smallest absolute Gasteiger partial charge is 0.388 e. The third-order valence-corrected chi connectivity index (χ3v) is 2.32. The molecule has 1 rings (SSSR count). The molecule has 0 fully saturated rings. The summed E-state index contributed by atoms with van der Waals surface area (Å²) >= 11 is 0. The number of pyridine rings is 1. The van der Waals surface area contributed by atoms with E-state index in [-0.39, 0.29) is 0 Å². The Morgan fingerprint density at radius 3 is 2.40 bits per heavy atom. The number of aliphatic hydroxyl groups excluding tert-OH is 1. The topological polar surface area (TPSA) is 42.4 Å². The molecule has 0 spiro atoms. The number of halogens is 6. The lowest BCUT2D eigenvalue weighted by molar-refractivity contribution is -0.175. The Hall–Kier alpha value is -1.35. The van der Waals surface area contributed by atoms with Crippen molar-refractivity contribution in [2.24, 2.45) is 0 Å². The van der Waals surface area contributed by atoms with E-state index in [0.717, 1.165) is 12.4 Å². The number of alkyl halides is 6. The quantitative estimate of drug-likeness (QED) is 0.671. The lowest BCUT2D eigenvalue weighted by atomic mass is 10.0. The summed E-state index contributed by atoms with van der Waals surface area (Å²) in [5.74, 6) is 0. The zero-order chi connectivity index (χ0) is 15.4. The van der Waals surface area contributed by atoms with Gasteiger partial charge in [-0.05, 0) is 6.07 Å². The molecular weight excluding hydrogens is 292 g/mol. The average molecular weight is 303 g/mol. The maximum Gasteiger partial charge on any atom is 0.416 e. The van der Waals surface area contributed by atoms with Crippen LogP contribution in [0, 0.1) is 0 Å². The Bertz CT molecular complexity index is 432. The minimum absolute atomic E-state index is 0.398. The van der Waals surface area contributed by atoms with Gasteiger partial charge in [0.2, 0.25) is 0 Å². The number of rotatable bonds is 5. The molecule has 0 bridgehead atoms. The highest BCUT2D eigenvalue weighted by Gasteiger charge is 2.35. The molecule has 0 aliphatic rings. The maximum atomic E-state index is 12.6. The van der Waals surface area contributed by atoms with Crippen LogP contribution in [0.25, 0.3) is 0 Å². The summed E-state index contributed by atoms with van der Waals surface area (Å²) in [4.78, 5) is 3.47. The Morgan fingerprint density at radius 2 is 1.85 bits per heavy atom. The number of aromatic nitrogens is 1. The van der Waals surface area contributed by atoms with E-state index in [1.165, 1.54) is 0 Å². The molecule has 1 N–H and O–H groups in total. The number of ether oxygens (including phenoxy) is 1. The standard InChI is InChI=1S/C11H11F6NO2/c12-10(13,14)6-20-4-2-9(19)7-5-18-3-1-8(7)11(15,16)17/h1,3,5,9,19H,2,4,6H2. The second-order valence-corrected chi connectivity index (χ2v) is 3.93. The van der Waals surface area contributed by atoms with Crippen molar-refractivity contribution < 1.29 is 36.2 Å². The van der Waals surface area contributed by atoms with Gasteiger partial charge >= 0.3 is 12.4 Å². The highest BCUT2D eigenvalue weighted by molar-refractivity contribution is 5.28. The third kappa shape index (κ3) is 5.33. The van der Waals surface area contributed by atoms with E-state index in [4.69, 9.17) is 0 Å². The summed E-state index contributed by atoms with van der Waals surface area (Å²) in [6, 6.07) is 0.690. The van der Waals surface area contributed by atoms with Crippen LogP contribution in [0.15, 0.2) is 18.5 Å². The van der Waals surface area contributed by atoms with Crippen LogP contribution < -0.4 is 0 Å². The van der Waals surface area contributed by atoms with Crippen molar-refractivity contribution in [1.29, 1.82) is 0 Å². The van der Waals surface area contributed by atoms with Crippen LogP contribution in [0.4, 0.5) is 26.3 Å².